The van der Waals surface area contributed by atoms with Crippen molar-refractivity contribution in [3.63, 3.8) is 0 Å². The van der Waals surface area contributed by atoms with Crippen LogP contribution >= 0.6 is 23.4 Å². The number of thioether (sulfide) groups is 1. The molecule has 5 nitrogen and oxygen atoms in total. The van der Waals surface area contributed by atoms with Crippen LogP contribution in [0.25, 0.3) is 6.08 Å². The average molecular weight is 521 g/mol. The highest BCUT2D eigenvalue weighted by atomic mass is 35.5. The second-order valence-electron chi connectivity index (χ2n) is 8.56. The Bertz CT molecular complexity index is 1300. The highest BCUT2D eigenvalue weighted by Crippen LogP contribution is 2.37. The zero-order chi connectivity index (χ0) is 25.7. The third kappa shape index (κ3) is 5.94. The van der Waals surface area contributed by atoms with Gasteiger partial charge in [0.25, 0.3) is 5.91 Å². The van der Waals surface area contributed by atoms with E-state index in [9.17, 15) is 4.79 Å². The molecule has 1 saturated heterocycles. The van der Waals surface area contributed by atoms with Crippen LogP contribution in [-0.4, -0.2) is 29.1 Å². The van der Waals surface area contributed by atoms with Crippen LogP contribution in [0, 0.1) is 6.92 Å². The zero-order valence-electron chi connectivity index (χ0n) is 20.8. The summed E-state index contributed by atoms with van der Waals surface area (Å²) in [6, 6.07) is 21.2. The van der Waals surface area contributed by atoms with Gasteiger partial charge in [-0.1, -0.05) is 60.5 Å². The number of amides is 1. The summed E-state index contributed by atoms with van der Waals surface area (Å²) >= 11 is 7.64. The SMILES string of the molecule is CC[C@H](C)N1C(=O)/C(=C\c2ccc(OCc3ccccc3Cl)c(OC)c2)SC1=Nc1ccc(C)cc1. The molecule has 186 valence electrons. The first-order valence-corrected chi connectivity index (χ1v) is 13.0. The molecule has 36 heavy (non-hydrogen) atoms. The van der Waals surface area contributed by atoms with Crippen LogP contribution in [0.15, 0.2) is 76.6 Å². The summed E-state index contributed by atoms with van der Waals surface area (Å²) in [5, 5.41) is 1.35. The summed E-state index contributed by atoms with van der Waals surface area (Å²) in [5.74, 6) is 1.14. The fourth-order valence-corrected chi connectivity index (χ4v) is 4.96. The van der Waals surface area contributed by atoms with Crippen LogP contribution in [0.5, 0.6) is 11.5 Å². The van der Waals surface area contributed by atoms with Gasteiger partial charge >= 0.3 is 0 Å². The molecule has 0 saturated carbocycles. The number of halogens is 1. The molecule has 1 heterocycles. The molecule has 0 aliphatic carbocycles. The Morgan fingerprint density at radius 3 is 2.53 bits per heavy atom. The van der Waals surface area contributed by atoms with Gasteiger partial charge in [0.05, 0.1) is 17.7 Å². The van der Waals surface area contributed by atoms with E-state index >= 15 is 0 Å². The van der Waals surface area contributed by atoms with Crippen LogP contribution in [0.3, 0.4) is 0 Å². The van der Waals surface area contributed by atoms with Gasteiger partial charge in [-0.2, -0.15) is 0 Å². The molecule has 1 atom stereocenters. The summed E-state index contributed by atoms with van der Waals surface area (Å²) < 4.78 is 11.5. The van der Waals surface area contributed by atoms with Crippen LogP contribution < -0.4 is 9.47 Å². The van der Waals surface area contributed by atoms with Gasteiger partial charge in [0.2, 0.25) is 0 Å². The monoisotopic (exact) mass is 520 g/mol. The topological polar surface area (TPSA) is 51.1 Å². The highest BCUT2D eigenvalue weighted by molar-refractivity contribution is 8.18. The first kappa shape index (κ1) is 25.9. The zero-order valence-corrected chi connectivity index (χ0v) is 22.4. The maximum absolute atomic E-state index is 13.4. The van der Waals surface area contributed by atoms with Gasteiger partial charge in [-0.25, -0.2) is 4.99 Å². The smallest absolute Gasteiger partial charge is 0.266 e. The summed E-state index contributed by atoms with van der Waals surface area (Å²) in [6.45, 7) is 6.48. The highest BCUT2D eigenvalue weighted by Gasteiger charge is 2.36. The van der Waals surface area contributed by atoms with E-state index < -0.39 is 0 Å². The Hall–Kier alpha value is -3.22. The second-order valence-corrected chi connectivity index (χ2v) is 9.98. The van der Waals surface area contributed by atoms with Gasteiger partial charge in [-0.05, 0) is 74.0 Å². The number of aryl methyl sites for hydroxylation is 1. The lowest BCUT2D eigenvalue weighted by molar-refractivity contribution is -0.123. The molecule has 0 aromatic heterocycles. The van der Waals surface area contributed by atoms with Crippen molar-refractivity contribution in [3.05, 3.63) is 93.3 Å². The quantitative estimate of drug-likeness (QED) is 0.286. The van der Waals surface area contributed by atoms with Crippen LogP contribution in [0.2, 0.25) is 5.02 Å². The molecule has 3 aromatic rings. The van der Waals surface area contributed by atoms with E-state index in [0.717, 1.165) is 23.2 Å². The molecule has 1 amide bonds. The van der Waals surface area contributed by atoms with Gasteiger partial charge < -0.3 is 9.47 Å². The summed E-state index contributed by atoms with van der Waals surface area (Å²) in [5.41, 5.74) is 3.73. The molecule has 0 radical (unpaired) electrons. The van der Waals surface area contributed by atoms with E-state index in [4.69, 9.17) is 26.1 Å². The van der Waals surface area contributed by atoms with Crippen LogP contribution in [0.4, 0.5) is 5.69 Å². The van der Waals surface area contributed by atoms with Crippen molar-refractivity contribution in [3.8, 4) is 11.5 Å². The Morgan fingerprint density at radius 2 is 1.83 bits per heavy atom. The van der Waals surface area contributed by atoms with E-state index in [1.807, 2.05) is 86.7 Å². The van der Waals surface area contributed by atoms with E-state index in [1.165, 1.54) is 17.3 Å². The van der Waals surface area contributed by atoms with E-state index in [1.54, 1.807) is 12.0 Å². The molecular formula is C29H29ClN2O3S. The number of carbonyl (C=O) groups is 1. The minimum atomic E-state index is -0.0433. The Balaban J connectivity index is 1.59. The molecule has 0 spiro atoms. The fourth-order valence-electron chi connectivity index (χ4n) is 3.68. The number of amidine groups is 1. The van der Waals surface area contributed by atoms with Gasteiger partial charge in [0, 0.05) is 16.6 Å². The summed E-state index contributed by atoms with van der Waals surface area (Å²) in [7, 11) is 1.60. The number of methoxy groups -OCH3 is 1. The van der Waals surface area contributed by atoms with E-state index in [-0.39, 0.29) is 11.9 Å². The molecule has 0 unspecified atom stereocenters. The summed E-state index contributed by atoms with van der Waals surface area (Å²) in [4.78, 5) is 20.6. The molecule has 0 N–H and O–H groups in total. The first-order chi connectivity index (χ1) is 17.4. The Labute approximate surface area is 221 Å². The molecule has 0 bridgehead atoms. The Kier molecular flexibility index (Phi) is 8.39. The van der Waals surface area contributed by atoms with Crippen molar-refractivity contribution >= 4 is 46.2 Å². The number of nitrogens with zero attached hydrogens (tertiary/aromatic N) is 2. The molecule has 4 rings (SSSR count). The fraction of sp³-hybridized carbons (Fsp3) is 0.241. The third-order valence-electron chi connectivity index (χ3n) is 5.95. The number of ether oxygens (including phenoxy) is 2. The molecular weight excluding hydrogens is 492 g/mol. The number of carbonyl (C=O) groups excluding carboxylic acids is 1. The largest absolute Gasteiger partial charge is 0.493 e. The lowest BCUT2D eigenvalue weighted by Crippen LogP contribution is -2.36. The molecule has 1 fully saturated rings. The number of rotatable bonds is 8. The van der Waals surface area contributed by atoms with Crippen molar-refractivity contribution in [1.29, 1.82) is 0 Å². The predicted octanol–water partition coefficient (Wildman–Crippen LogP) is 7.64. The normalized spacial score (nSPS) is 16.6. The lowest BCUT2D eigenvalue weighted by atomic mass is 10.1. The number of hydrogen-bond donors (Lipinski definition) is 0. The third-order valence-corrected chi connectivity index (χ3v) is 7.31. The van der Waals surface area contributed by atoms with Crippen LogP contribution in [0.1, 0.15) is 37.0 Å². The standard InChI is InChI=1S/C29H29ClN2O3S/c1-5-20(3)32-28(33)27(36-29(32)31-23-13-10-19(2)11-14-23)17-21-12-15-25(26(16-21)34-4)35-18-22-8-6-7-9-24(22)30/h6-17,20H,5,18H2,1-4H3/b27-17+,31-29?/t20-/m0/s1. The number of hydrogen-bond acceptors (Lipinski definition) is 5. The van der Waals surface area contributed by atoms with Crippen molar-refractivity contribution in [2.75, 3.05) is 7.11 Å². The van der Waals surface area contributed by atoms with Crippen molar-refractivity contribution in [2.24, 2.45) is 4.99 Å². The molecule has 7 heteroatoms. The van der Waals surface area contributed by atoms with Crippen molar-refractivity contribution in [1.82, 2.24) is 4.90 Å². The van der Waals surface area contributed by atoms with Gasteiger partial charge in [0.1, 0.15) is 6.61 Å². The van der Waals surface area contributed by atoms with E-state index in [0.29, 0.717) is 33.2 Å². The maximum atomic E-state index is 13.4. The van der Waals surface area contributed by atoms with Crippen molar-refractivity contribution < 1.29 is 14.3 Å². The molecule has 1 aliphatic rings. The van der Waals surface area contributed by atoms with Gasteiger partial charge in [-0.3, -0.25) is 9.69 Å². The minimum Gasteiger partial charge on any atom is -0.493 e. The lowest BCUT2D eigenvalue weighted by Gasteiger charge is -2.22. The minimum absolute atomic E-state index is 0.0372. The number of benzene rings is 3. The van der Waals surface area contributed by atoms with Crippen molar-refractivity contribution in [2.45, 2.75) is 39.8 Å². The molecule has 1 aliphatic heterocycles. The van der Waals surface area contributed by atoms with Gasteiger partial charge in [0.15, 0.2) is 16.7 Å². The van der Waals surface area contributed by atoms with E-state index in [2.05, 4.69) is 6.92 Å². The average Bonchev–Trinajstić information content (AvgIpc) is 3.18. The van der Waals surface area contributed by atoms with Crippen LogP contribution in [-0.2, 0) is 11.4 Å². The summed E-state index contributed by atoms with van der Waals surface area (Å²) in [6.07, 6.45) is 2.71. The maximum Gasteiger partial charge on any atom is 0.266 e. The Morgan fingerprint density at radius 1 is 1.08 bits per heavy atom. The van der Waals surface area contributed by atoms with Gasteiger partial charge in [-0.15, -0.1) is 0 Å². The first-order valence-electron chi connectivity index (χ1n) is 11.8. The second kappa shape index (κ2) is 11.7. The molecule has 3 aromatic carbocycles. The number of aliphatic imine (C=N–C) groups is 1. The predicted molar refractivity (Wildman–Crippen MR) is 149 cm³/mol.